The third-order valence-electron chi connectivity index (χ3n) is 4.00. The quantitative estimate of drug-likeness (QED) is 0.584. The van der Waals surface area contributed by atoms with Gasteiger partial charge in [-0.3, -0.25) is 4.90 Å². The molecule has 0 saturated carbocycles. The number of fused-ring (bicyclic) bond motifs is 1. The van der Waals surface area contributed by atoms with E-state index in [-0.39, 0.29) is 0 Å². The first-order valence-electron chi connectivity index (χ1n) is 6.57. The molecule has 1 saturated heterocycles. The molecule has 1 aromatic carbocycles. The Hall–Kier alpha value is -0.650. The molecule has 2 heteroatoms. The Labute approximate surface area is 106 Å². The van der Waals surface area contributed by atoms with Gasteiger partial charge in [0, 0.05) is 19.6 Å². The molecule has 90 valence electrons. The molecule has 3 rings (SSSR count). The van der Waals surface area contributed by atoms with E-state index >= 15 is 0 Å². The number of allylic oxidation sites excluding steroid dienone is 1. The van der Waals surface area contributed by atoms with E-state index in [1.54, 1.807) is 5.57 Å². The lowest BCUT2D eigenvalue weighted by Crippen LogP contribution is -2.23. The minimum Gasteiger partial charge on any atom is -0.298 e. The van der Waals surface area contributed by atoms with Crippen molar-refractivity contribution >= 4 is 14.5 Å². The van der Waals surface area contributed by atoms with Crippen molar-refractivity contribution in [1.82, 2.24) is 4.90 Å². The Morgan fingerprint density at radius 3 is 3.12 bits per heavy atom. The van der Waals surface area contributed by atoms with Gasteiger partial charge in [0.15, 0.2) is 0 Å². The Morgan fingerprint density at radius 2 is 2.29 bits per heavy atom. The topological polar surface area (TPSA) is 3.24 Å². The summed E-state index contributed by atoms with van der Waals surface area (Å²) in [5, 5.41) is 1.29. The standard InChI is InChI=1S/C15H20NP/c17-15-6-1-3-12(9-15)7-8-16-10-13-4-2-5-14(13)11-16/h1,3-4,6,9,14H,2,5,7-8,10-11,17H2/t14-/m1/s1. The van der Waals surface area contributed by atoms with Crippen LogP contribution in [0.1, 0.15) is 18.4 Å². The van der Waals surface area contributed by atoms with E-state index in [0.29, 0.717) is 0 Å². The van der Waals surface area contributed by atoms with Gasteiger partial charge in [0.1, 0.15) is 0 Å². The van der Waals surface area contributed by atoms with Crippen molar-refractivity contribution in [3.8, 4) is 0 Å². The SMILES string of the molecule is Pc1cccc(CCN2CC3=CCC[C@@H]3C2)c1. The molecule has 1 aliphatic carbocycles. The van der Waals surface area contributed by atoms with Crippen molar-refractivity contribution in [2.24, 2.45) is 5.92 Å². The van der Waals surface area contributed by atoms with E-state index in [1.165, 1.54) is 49.8 Å². The van der Waals surface area contributed by atoms with Crippen LogP contribution in [0.3, 0.4) is 0 Å². The minimum atomic E-state index is 0.892. The molecule has 0 amide bonds. The maximum absolute atomic E-state index is 2.78. The Kier molecular flexibility index (Phi) is 3.31. The number of benzene rings is 1. The maximum Gasteiger partial charge on any atom is 0.0196 e. The summed E-state index contributed by atoms with van der Waals surface area (Å²) in [4.78, 5) is 2.62. The molecule has 1 aliphatic heterocycles. The molecule has 2 aliphatic rings. The fourth-order valence-corrected chi connectivity index (χ4v) is 3.39. The first-order chi connectivity index (χ1) is 8.31. The summed E-state index contributed by atoms with van der Waals surface area (Å²) < 4.78 is 0. The monoisotopic (exact) mass is 245 g/mol. The molecule has 0 bridgehead atoms. The van der Waals surface area contributed by atoms with E-state index in [4.69, 9.17) is 0 Å². The lowest BCUT2D eigenvalue weighted by atomic mass is 10.1. The molecule has 1 nitrogen and oxygen atoms in total. The van der Waals surface area contributed by atoms with Gasteiger partial charge in [-0.1, -0.05) is 35.9 Å². The van der Waals surface area contributed by atoms with E-state index in [9.17, 15) is 0 Å². The molecule has 1 fully saturated rings. The van der Waals surface area contributed by atoms with Crippen LogP contribution in [0.4, 0.5) is 0 Å². The number of hydrogen-bond acceptors (Lipinski definition) is 1. The largest absolute Gasteiger partial charge is 0.298 e. The third-order valence-corrected chi connectivity index (χ3v) is 4.36. The van der Waals surface area contributed by atoms with Gasteiger partial charge >= 0.3 is 0 Å². The molecule has 0 radical (unpaired) electrons. The minimum absolute atomic E-state index is 0.892. The molecule has 0 N–H and O–H groups in total. The summed E-state index contributed by atoms with van der Waals surface area (Å²) in [6.45, 7) is 3.74. The second-order valence-electron chi connectivity index (χ2n) is 5.28. The lowest BCUT2D eigenvalue weighted by Gasteiger charge is -2.15. The molecule has 1 unspecified atom stereocenters. The highest BCUT2D eigenvalue weighted by molar-refractivity contribution is 7.27. The van der Waals surface area contributed by atoms with Gasteiger partial charge < -0.3 is 0 Å². The molecular formula is C15H20NP. The Bertz CT molecular complexity index is 438. The summed E-state index contributed by atoms with van der Waals surface area (Å²) >= 11 is 0. The molecule has 17 heavy (non-hydrogen) atoms. The zero-order valence-corrected chi connectivity index (χ0v) is 11.4. The number of rotatable bonds is 3. The fraction of sp³-hybridized carbons (Fsp3) is 0.467. The van der Waals surface area contributed by atoms with Crippen LogP contribution >= 0.6 is 9.24 Å². The van der Waals surface area contributed by atoms with E-state index in [2.05, 4.69) is 44.5 Å². The van der Waals surface area contributed by atoms with Crippen LogP contribution in [0.15, 0.2) is 35.9 Å². The van der Waals surface area contributed by atoms with Gasteiger partial charge in [0.25, 0.3) is 0 Å². The summed E-state index contributed by atoms with van der Waals surface area (Å²) in [5.41, 5.74) is 3.17. The van der Waals surface area contributed by atoms with Gasteiger partial charge in [-0.15, -0.1) is 9.24 Å². The van der Waals surface area contributed by atoms with Crippen LogP contribution in [0.2, 0.25) is 0 Å². The summed E-state index contributed by atoms with van der Waals surface area (Å²) in [6, 6.07) is 8.81. The van der Waals surface area contributed by atoms with Gasteiger partial charge in [0.05, 0.1) is 0 Å². The third kappa shape index (κ3) is 2.61. The maximum atomic E-state index is 2.78. The molecule has 1 aromatic rings. The van der Waals surface area contributed by atoms with E-state index in [1.807, 2.05) is 0 Å². The van der Waals surface area contributed by atoms with Crippen molar-refractivity contribution in [1.29, 1.82) is 0 Å². The van der Waals surface area contributed by atoms with Gasteiger partial charge in [0.2, 0.25) is 0 Å². The molecule has 1 heterocycles. The summed E-state index contributed by atoms with van der Waals surface area (Å²) in [6.07, 6.45) is 6.37. The second-order valence-corrected chi connectivity index (χ2v) is 5.95. The van der Waals surface area contributed by atoms with Crippen LogP contribution in [0.25, 0.3) is 0 Å². The van der Waals surface area contributed by atoms with E-state index < -0.39 is 0 Å². The van der Waals surface area contributed by atoms with Crippen molar-refractivity contribution in [2.75, 3.05) is 19.6 Å². The Morgan fingerprint density at radius 1 is 1.35 bits per heavy atom. The average molecular weight is 245 g/mol. The Balaban J connectivity index is 1.55. The van der Waals surface area contributed by atoms with Crippen LogP contribution in [-0.4, -0.2) is 24.5 Å². The van der Waals surface area contributed by atoms with Crippen molar-refractivity contribution < 1.29 is 0 Å². The number of likely N-dealkylation sites (tertiary alicyclic amines) is 1. The average Bonchev–Trinajstić information content (AvgIpc) is 2.86. The highest BCUT2D eigenvalue weighted by Gasteiger charge is 2.29. The van der Waals surface area contributed by atoms with Crippen LogP contribution in [0, 0.1) is 5.92 Å². The second kappa shape index (κ2) is 4.92. The lowest BCUT2D eigenvalue weighted by molar-refractivity contribution is 0.325. The highest BCUT2D eigenvalue weighted by Crippen LogP contribution is 2.32. The van der Waals surface area contributed by atoms with Crippen molar-refractivity contribution in [2.45, 2.75) is 19.3 Å². The van der Waals surface area contributed by atoms with E-state index in [0.717, 1.165) is 5.92 Å². The van der Waals surface area contributed by atoms with Gasteiger partial charge in [-0.05, 0) is 36.0 Å². The zero-order chi connectivity index (χ0) is 11.7. The highest BCUT2D eigenvalue weighted by atomic mass is 31.0. The predicted molar refractivity (Wildman–Crippen MR) is 76.7 cm³/mol. The summed E-state index contributed by atoms with van der Waals surface area (Å²) in [7, 11) is 2.78. The van der Waals surface area contributed by atoms with Gasteiger partial charge in [-0.25, -0.2) is 0 Å². The summed E-state index contributed by atoms with van der Waals surface area (Å²) in [5.74, 6) is 0.892. The van der Waals surface area contributed by atoms with Gasteiger partial charge in [-0.2, -0.15) is 0 Å². The van der Waals surface area contributed by atoms with Crippen molar-refractivity contribution in [3.63, 3.8) is 0 Å². The van der Waals surface area contributed by atoms with Crippen LogP contribution in [-0.2, 0) is 6.42 Å². The van der Waals surface area contributed by atoms with Crippen LogP contribution < -0.4 is 5.30 Å². The predicted octanol–water partition coefficient (Wildman–Crippen LogP) is 2.38. The first kappa shape index (κ1) is 11.4. The number of nitrogens with zero attached hydrogens (tertiary/aromatic N) is 1. The molecule has 0 aromatic heterocycles. The normalized spacial score (nSPS) is 23.8. The zero-order valence-electron chi connectivity index (χ0n) is 10.2. The number of hydrogen-bond donors (Lipinski definition) is 0. The molecule has 0 spiro atoms. The molecule has 2 atom stereocenters. The first-order valence-corrected chi connectivity index (χ1v) is 7.15. The van der Waals surface area contributed by atoms with Crippen molar-refractivity contribution in [3.05, 3.63) is 41.5 Å². The fourth-order valence-electron chi connectivity index (χ4n) is 3.06. The van der Waals surface area contributed by atoms with Crippen LogP contribution in [0.5, 0.6) is 0 Å². The smallest absolute Gasteiger partial charge is 0.0196 e. The molecular weight excluding hydrogens is 225 g/mol.